The van der Waals surface area contributed by atoms with E-state index >= 15 is 0 Å². The Morgan fingerprint density at radius 1 is 1.05 bits per heavy atom. The number of unbranched alkanes of at least 4 members (excludes halogenated alkanes) is 1. The third-order valence-electron chi connectivity index (χ3n) is 3.06. The molecule has 0 radical (unpaired) electrons. The van der Waals surface area contributed by atoms with E-state index in [1.54, 1.807) is 11.8 Å². The molecule has 0 aliphatic heterocycles. The van der Waals surface area contributed by atoms with Crippen molar-refractivity contribution >= 4 is 11.9 Å². The molecule has 0 saturated heterocycles. The summed E-state index contributed by atoms with van der Waals surface area (Å²) in [6.07, 6.45) is 3.24. The summed E-state index contributed by atoms with van der Waals surface area (Å²) in [5.74, 6) is -0.237. The van der Waals surface area contributed by atoms with Crippen LogP contribution in [-0.4, -0.2) is 49.7 Å². The van der Waals surface area contributed by atoms with Crippen LogP contribution in [0, 0.1) is 5.92 Å². The fourth-order valence-corrected chi connectivity index (χ4v) is 1.86. The van der Waals surface area contributed by atoms with Gasteiger partial charge in [0.25, 0.3) is 0 Å². The average Bonchev–Trinajstić information content (AvgIpc) is 2.45. The van der Waals surface area contributed by atoms with Crippen LogP contribution in [0.5, 0.6) is 0 Å². The highest BCUT2D eigenvalue weighted by molar-refractivity contribution is 5.79. The first-order valence-corrected chi connectivity index (χ1v) is 8.05. The molecule has 0 aliphatic carbocycles. The van der Waals surface area contributed by atoms with Crippen molar-refractivity contribution in [3.63, 3.8) is 0 Å². The zero-order valence-electron chi connectivity index (χ0n) is 14.0. The summed E-state index contributed by atoms with van der Waals surface area (Å²) in [5.41, 5.74) is 0. The lowest BCUT2D eigenvalue weighted by molar-refractivity contribution is -0.144. The van der Waals surface area contributed by atoms with E-state index in [0.717, 1.165) is 25.9 Å². The largest absolute Gasteiger partial charge is 0.466 e. The van der Waals surface area contributed by atoms with Crippen LogP contribution in [0.1, 0.15) is 53.4 Å². The second-order valence-electron chi connectivity index (χ2n) is 5.35. The molecule has 0 heterocycles. The van der Waals surface area contributed by atoms with Crippen molar-refractivity contribution in [1.29, 1.82) is 0 Å². The number of hydrogen-bond acceptors (Lipinski definition) is 4. The number of carbonyl (C=O) groups excluding carboxylic acids is 2. The topological polar surface area (TPSA) is 55.8 Å². The lowest BCUT2D eigenvalue weighted by atomic mass is 10.1. The van der Waals surface area contributed by atoms with E-state index in [9.17, 15) is 9.59 Å². The molecule has 21 heavy (non-hydrogen) atoms. The normalized spacial score (nSPS) is 10.7. The Morgan fingerprint density at radius 2 is 1.71 bits per heavy atom. The van der Waals surface area contributed by atoms with Gasteiger partial charge in [-0.25, -0.2) is 0 Å². The Balaban J connectivity index is 4.09. The zero-order valence-corrected chi connectivity index (χ0v) is 14.0. The highest BCUT2D eigenvalue weighted by atomic mass is 16.5. The molecule has 0 spiro atoms. The van der Waals surface area contributed by atoms with E-state index < -0.39 is 0 Å². The predicted octanol–water partition coefficient (Wildman–Crippen LogP) is 2.63. The first kappa shape index (κ1) is 19.9. The smallest absolute Gasteiger partial charge is 0.307 e. The van der Waals surface area contributed by atoms with Gasteiger partial charge in [-0.2, -0.15) is 0 Å². The Hall–Kier alpha value is -1.10. The van der Waals surface area contributed by atoms with Crippen LogP contribution in [0.3, 0.4) is 0 Å². The predicted molar refractivity (Wildman–Crippen MR) is 83.0 cm³/mol. The van der Waals surface area contributed by atoms with Gasteiger partial charge in [0.15, 0.2) is 0 Å². The molecule has 0 unspecified atom stereocenters. The Morgan fingerprint density at radius 3 is 2.29 bits per heavy atom. The molecule has 1 amide bonds. The lowest BCUT2D eigenvalue weighted by Gasteiger charge is -2.24. The van der Waals surface area contributed by atoms with Crippen molar-refractivity contribution in [2.45, 2.75) is 53.4 Å². The molecule has 0 atom stereocenters. The molecule has 0 fully saturated rings. The Bertz CT molecular complexity index is 292. The summed E-state index contributed by atoms with van der Waals surface area (Å²) in [6, 6.07) is 0. The maximum atomic E-state index is 12.1. The first-order chi connectivity index (χ1) is 10.0. The van der Waals surface area contributed by atoms with Crippen LogP contribution in [0.2, 0.25) is 0 Å². The molecular formula is C16H31NO4. The molecule has 0 rings (SSSR count). The molecule has 0 saturated carbocycles. The number of esters is 1. The van der Waals surface area contributed by atoms with Gasteiger partial charge in [-0.05, 0) is 19.8 Å². The quantitative estimate of drug-likeness (QED) is 0.411. The highest BCUT2D eigenvalue weighted by Gasteiger charge is 2.17. The summed E-state index contributed by atoms with van der Waals surface area (Å²) >= 11 is 0. The number of carbonyl (C=O) groups is 2. The third-order valence-corrected chi connectivity index (χ3v) is 3.06. The molecule has 5 nitrogen and oxygen atoms in total. The highest BCUT2D eigenvalue weighted by Crippen LogP contribution is 2.05. The fraction of sp³-hybridized carbons (Fsp3) is 0.875. The van der Waals surface area contributed by atoms with Crippen molar-refractivity contribution in [2.24, 2.45) is 5.92 Å². The van der Waals surface area contributed by atoms with Crippen LogP contribution >= 0.6 is 0 Å². The molecule has 0 N–H and O–H groups in total. The van der Waals surface area contributed by atoms with Gasteiger partial charge in [-0.15, -0.1) is 0 Å². The maximum Gasteiger partial charge on any atom is 0.307 e. The number of ether oxygens (including phenoxy) is 2. The van der Waals surface area contributed by atoms with E-state index in [1.807, 2.05) is 13.8 Å². The second kappa shape index (κ2) is 12.6. The minimum absolute atomic E-state index is 0.0618. The van der Waals surface area contributed by atoms with Crippen LogP contribution in [0.25, 0.3) is 0 Å². The van der Waals surface area contributed by atoms with E-state index in [2.05, 4.69) is 6.92 Å². The minimum atomic E-state index is -0.252. The molecule has 0 bridgehead atoms. The van der Waals surface area contributed by atoms with E-state index in [0.29, 0.717) is 26.3 Å². The number of hydrogen-bond donors (Lipinski definition) is 0. The molecule has 124 valence electrons. The van der Waals surface area contributed by atoms with Gasteiger partial charge >= 0.3 is 5.97 Å². The van der Waals surface area contributed by atoms with E-state index in [4.69, 9.17) is 9.47 Å². The van der Waals surface area contributed by atoms with Crippen molar-refractivity contribution in [3.8, 4) is 0 Å². The SMILES string of the molecule is CCCCOCCCN(CCC(=O)OCC)C(=O)C(C)C. The van der Waals surface area contributed by atoms with Crippen LogP contribution in [0.4, 0.5) is 0 Å². The van der Waals surface area contributed by atoms with E-state index in [1.165, 1.54) is 0 Å². The number of rotatable bonds is 12. The number of nitrogens with zero attached hydrogens (tertiary/aromatic N) is 1. The van der Waals surface area contributed by atoms with Crippen molar-refractivity contribution in [1.82, 2.24) is 4.90 Å². The second-order valence-corrected chi connectivity index (χ2v) is 5.35. The molecule has 0 aromatic rings. The number of amides is 1. The summed E-state index contributed by atoms with van der Waals surface area (Å²) in [4.78, 5) is 25.3. The monoisotopic (exact) mass is 301 g/mol. The fourth-order valence-electron chi connectivity index (χ4n) is 1.86. The summed E-state index contributed by atoms with van der Waals surface area (Å²) < 4.78 is 10.4. The van der Waals surface area contributed by atoms with Gasteiger partial charge in [-0.3, -0.25) is 9.59 Å². The van der Waals surface area contributed by atoms with Crippen LogP contribution < -0.4 is 0 Å². The molecule has 0 aromatic heterocycles. The standard InChI is InChI=1S/C16H31NO4/c1-5-7-12-20-13-8-10-17(16(19)14(3)4)11-9-15(18)21-6-2/h14H,5-13H2,1-4H3. The minimum Gasteiger partial charge on any atom is -0.466 e. The zero-order chi connectivity index (χ0) is 16.1. The first-order valence-electron chi connectivity index (χ1n) is 8.05. The lowest BCUT2D eigenvalue weighted by Crippen LogP contribution is -2.37. The van der Waals surface area contributed by atoms with Crippen molar-refractivity contribution in [3.05, 3.63) is 0 Å². The maximum absolute atomic E-state index is 12.1. The van der Waals surface area contributed by atoms with Crippen molar-refractivity contribution < 1.29 is 19.1 Å². The van der Waals surface area contributed by atoms with Gasteiger partial charge in [-0.1, -0.05) is 27.2 Å². The Kier molecular flexibility index (Phi) is 12.0. The van der Waals surface area contributed by atoms with Gasteiger partial charge in [0.05, 0.1) is 13.0 Å². The van der Waals surface area contributed by atoms with Gasteiger partial charge in [0.1, 0.15) is 0 Å². The Labute approximate surface area is 129 Å². The average molecular weight is 301 g/mol. The van der Waals surface area contributed by atoms with E-state index in [-0.39, 0.29) is 24.2 Å². The van der Waals surface area contributed by atoms with Crippen molar-refractivity contribution in [2.75, 3.05) is 32.9 Å². The summed E-state index contributed by atoms with van der Waals surface area (Å²) in [5, 5.41) is 0. The molecule has 0 aromatic carbocycles. The van der Waals surface area contributed by atoms with Gasteiger partial charge < -0.3 is 14.4 Å². The molecule has 5 heteroatoms. The van der Waals surface area contributed by atoms with Crippen LogP contribution in [0.15, 0.2) is 0 Å². The van der Waals surface area contributed by atoms with Gasteiger partial charge in [0.2, 0.25) is 5.91 Å². The molecule has 0 aliphatic rings. The van der Waals surface area contributed by atoms with Gasteiger partial charge in [0, 0.05) is 32.2 Å². The third kappa shape index (κ3) is 10.3. The summed E-state index contributed by atoms with van der Waals surface area (Å²) in [6.45, 7) is 10.5. The van der Waals surface area contributed by atoms with Crippen LogP contribution in [-0.2, 0) is 19.1 Å². The molecular weight excluding hydrogens is 270 g/mol. The summed E-state index contributed by atoms with van der Waals surface area (Å²) in [7, 11) is 0.